The molecule has 7 heteroatoms. The lowest BCUT2D eigenvalue weighted by Crippen LogP contribution is -2.27. The summed E-state index contributed by atoms with van der Waals surface area (Å²) >= 11 is 0. The minimum absolute atomic E-state index is 0.144. The Balaban J connectivity index is 1.99. The Bertz CT molecular complexity index is 945. The molecular weight excluding hydrogens is 301 g/mol. The molecule has 0 atom stereocenters. The van der Waals surface area contributed by atoms with Crippen molar-refractivity contribution in [3.05, 3.63) is 63.5 Å². The van der Waals surface area contributed by atoms with Crippen LogP contribution in [0.2, 0.25) is 0 Å². The van der Waals surface area contributed by atoms with E-state index in [0.29, 0.717) is 22.4 Å². The third-order valence-electron chi connectivity index (χ3n) is 3.46. The maximum Gasteiger partial charge on any atom is 0.254 e. The number of carbonyl (C=O) groups is 1. The summed E-state index contributed by atoms with van der Waals surface area (Å²) in [6, 6.07) is 6.79. The number of nitrogens with one attached hydrogen (secondary N) is 1. The van der Waals surface area contributed by atoms with E-state index in [1.165, 1.54) is 29.2 Å². The van der Waals surface area contributed by atoms with Gasteiger partial charge < -0.3 is 14.4 Å². The van der Waals surface area contributed by atoms with Crippen molar-refractivity contribution in [2.24, 2.45) is 0 Å². The summed E-state index contributed by atoms with van der Waals surface area (Å²) in [5, 5.41) is 4.19. The zero-order chi connectivity index (χ0) is 16.6. The Morgan fingerprint density at radius 1 is 1.35 bits per heavy atom. The van der Waals surface area contributed by atoms with E-state index in [-0.39, 0.29) is 12.1 Å². The summed E-state index contributed by atoms with van der Waals surface area (Å²) in [5.74, 6) is -0.231. The van der Waals surface area contributed by atoms with E-state index in [2.05, 4.69) is 10.1 Å². The minimum Gasteiger partial charge on any atom is -0.361 e. The van der Waals surface area contributed by atoms with E-state index >= 15 is 0 Å². The average Bonchev–Trinajstić information content (AvgIpc) is 2.91. The van der Waals surface area contributed by atoms with Crippen LogP contribution >= 0.6 is 0 Å². The van der Waals surface area contributed by atoms with Crippen LogP contribution in [0.5, 0.6) is 0 Å². The monoisotopic (exact) mass is 315 g/mol. The molecule has 0 bridgehead atoms. The summed E-state index contributed by atoms with van der Waals surface area (Å²) in [6.45, 7) is 1.98. The smallest absolute Gasteiger partial charge is 0.254 e. The van der Waals surface area contributed by atoms with Crippen molar-refractivity contribution in [2.45, 2.75) is 13.5 Å². The number of hydrogen-bond donors (Lipinski definition) is 1. The fraction of sp³-hybridized carbons (Fsp3) is 0.188. The van der Waals surface area contributed by atoms with E-state index in [9.17, 15) is 14.0 Å². The molecule has 0 aliphatic heterocycles. The quantitative estimate of drug-likeness (QED) is 0.804. The lowest BCUT2D eigenvalue weighted by molar-refractivity contribution is 0.0784. The number of pyridine rings is 1. The van der Waals surface area contributed by atoms with Gasteiger partial charge in [-0.25, -0.2) is 4.39 Å². The lowest BCUT2D eigenvalue weighted by atomic mass is 10.1. The van der Waals surface area contributed by atoms with Crippen LogP contribution in [0, 0.1) is 12.7 Å². The van der Waals surface area contributed by atoms with E-state index < -0.39 is 17.3 Å². The van der Waals surface area contributed by atoms with Crippen molar-refractivity contribution in [3.63, 3.8) is 0 Å². The fourth-order valence-corrected chi connectivity index (χ4v) is 2.42. The van der Waals surface area contributed by atoms with Gasteiger partial charge in [-0.1, -0.05) is 5.16 Å². The van der Waals surface area contributed by atoms with Crippen molar-refractivity contribution >= 4 is 16.8 Å². The largest absolute Gasteiger partial charge is 0.361 e. The van der Waals surface area contributed by atoms with Crippen molar-refractivity contribution in [1.29, 1.82) is 0 Å². The molecule has 3 aromatic rings. The standard InChI is InChI=1S/C16H14FN3O3/c1-9-5-11(19-23-9)8-20(2)16(22)13-7-15(21)18-14-4-3-10(17)6-12(13)14/h3-7H,8H2,1-2H3,(H,18,21). The molecule has 0 unspecified atom stereocenters. The van der Waals surface area contributed by atoms with Crippen molar-refractivity contribution in [2.75, 3.05) is 7.05 Å². The van der Waals surface area contributed by atoms with Gasteiger partial charge in [0.25, 0.3) is 5.91 Å². The normalized spacial score (nSPS) is 10.9. The molecule has 2 aromatic heterocycles. The molecule has 3 rings (SSSR count). The highest BCUT2D eigenvalue weighted by Gasteiger charge is 2.18. The molecule has 0 spiro atoms. The molecule has 1 aromatic carbocycles. The molecule has 0 fully saturated rings. The van der Waals surface area contributed by atoms with Crippen molar-refractivity contribution in [1.82, 2.24) is 15.0 Å². The first-order chi connectivity index (χ1) is 10.9. The molecule has 1 amide bonds. The molecule has 23 heavy (non-hydrogen) atoms. The Morgan fingerprint density at radius 2 is 2.13 bits per heavy atom. The van der Waals surface area contributed by atoms with Crippen LogP contribution in [0.1, 0.15) is 21.8 Å². The summed E-state index contributed by atoms with van der Waals surface area (Å²) in [6.07, 6.45) is 0. The van der Waals surface area contributed by atoms with Gasteiger partial charge in [0.05, 0.1) is 12.1 Å². The number of hydrogen-bond acceptors (Lipinski definition) is 4. The molecular formula is C16H14FN3O3. The van der Waals surface area contributed by atoms with Gasteiger partial charge in [0, 0.05) is 30.1 Å². The second-order valence-corrected chi connectivity index (χ2v) is 5.33. The van der Waals surface area contributed by atoms with Crippen molar-refractivity contribution < 1.29 is 13.7 Å². The van der Waals surface area contributed by atoms with E-state index in [0.717, 1.165) is 0 Å². The maximum atomic E-state index is 13.5. The van der Waals surface area contributed by atoms with Gasteiger partial charge in [-0.2, -0.15) is 0 Å². The van der Waals surface area contributed by atoms with Crippen LogP contribution in [0.15, 0.2) is 39.6 Å². The number of halogens is 1. The van der Waals surface area contributed by atoms with Gasteiger partial charge >= 0.3 is 0 Å². The third kappa shape index (κ3) is 2.98. The number of fused-ring (bicyclic) bond motifs is 1. The second-order valence-electron chi connectivity index (χ2n) is 5.33. The highest BCUT2D eigenvalue weighted by atomic mass is 19.1. The summed E-state index contributed by atoms with van der Waals surface area (Å²) < 4.78 is 18.5. The Hall–Kier alpha value is -2.96. The van der Waals surface area contributed by atoms with E-state index in [1.807, 2.05) is 0 Å². The molecule has 6 nitrogen and oxygen atoms in total. The Labute approximate surface area is 130 Å². The maximum absolute atomic E-state index is 13.5. The Kier molecular flexibility index (Phi) is 3.69. The number of rotatable bonds is 3. The molecule has 0 aliphatic rings. The molecule has 0 saturated carbocycles. The van der Waals surface area contributed by atoms with Crippen molar-refractivity contribution in [3.8, 4) is 0 Å². The Morgan fingerprint density at radius 3 is 2.83 bits per heavy atom. The number of benzene rings is 1. The van der Waals surface area contributed by atoms with Gasteiger partial charge in [0.1, 0.15) is 17.3 Å². The lowest BCUT2D eigenvalue weighted by Gasteiger charge is -2.16. The summed E-state index contributed by atoms with van der Waals surface area (Å²) in [5.41, 5.74) is 0.732. The number of amides is 1. The van der Waals surface area contributed by atoms with Gasteiger partial charge in [0.15, 0.2) is 0 Å². The molecule has 1 N–H and O–H groups in total. The number of aromatic amines is 1. The predicted octanol–water partition coefficient (Wildman–Crippen LogP) is 2.24. The van der Waals surface area contributed by atoms with Crippen LogP contribution in [-0.2, 0) is 6.54 Å². The van der Waals surface area contributed by atoms with Crippen LogP contribution in [-0.4, -0.2) is 28.0 Å². The molecule has 0 saturated heterocycles. The number of nitrogens with zero attached hydrogens (tertiary/aromatic N) is 2. The van der Waals surface area contributed by atoms with Gasteiger partial charge in [-0.3, -0.25) is 9.59 Å². The number of H-pyrrole nitrogens is 1. The van der Waals surface area contributed by atoms with Crippen LogP contribution in [0.3, 0.4) is 0 Å². The summed E-state index contributed by atoms with van der Waals surface area (Å²) in [7, 11) is 1.58. The minimum atomic E-state index is -0.478. The van der Waals surface area contributed by atoms with Crippen LogP contribution < -0.4 is 5.56 Å². The number of aryl methyl sites for hydroxylation is 1. The van der Waals surface area contributed by atoms with Gasteiger partial charge in [-0.15, -0.1) is 0 Å². The van der Waals surface area contributed by atoms with Gasteiger partial charge in [-0.05, 0) is 25.1 Å². The first-order valence-electron chi connectivity index (χ1n) is 6.94. The zero-order valence-electron chi connectivity index (χ0n) is 12.6. The van der Waals surface area contributed by atoms with Gasteiger partial charge in [0.2, 0.25) is 5.56 Å². The third-order valence-corrected chi connectivity index (χ3v) is 3.46. The van der Waals surface area contributed by atoms with Crippen LogP contribution in [0.4, 0.5) is 4.39 Å². The zero-order valence-corrected chi connectivity index (χ0v) is 12.6. The SMILES string of the molecule is Cc1cc(CN(C)C(=O)c2cc(=O)[nH]c3ccc(F)cc23)no1. The van der Waals surface area contributed by atoms with E-state index in [4.69, 9.17) is 4.52 Å². The summed E-state index contributed by atoms with van der Waals surface area (Å²) in [4.78, 5) is 28.3. The average molecular weight is 315 g/mol. The predicted molar refractivity (Wildman–Crippen MR) is 81.6 cm³/mol. The fourth-order valence-electron chi connectivity index (χ4n) is 2.42. The first kappa shape index (κ1) is 15.0. The first-order valence-corrected chi connectivity index (χ1v) is 6.94. The topological polar surface area (TPSA) is 79.2 Å². The number of carbonyl (C=O) groups excluding carboxylic acids is 1. The number of aromatic nitrogens is 2. The highest BCUT2D eigenvalue weighted by molar-refractivity contribution is 6.05. The van der Waals surface area contributed by atoms with E-state index in [1.54, 1.807) is 20.0 Å². The molecule has 2 heterocycles. The molecule has 0 radical (unpaired) electrons. The van der Waals surface area contributed by atoms with Crippen LogP contribution in [0.25, 0.3) is 10.9 Å². The molecule has 118 valence electrons. The molecule has 0 aliphatic carbocycles. The highest BCUT2D eigenvalue weighted by Crippen LogP contribution is 2.18. The second kappa shape index (κ2) is 5.68.